The average Bonchev–Trinajstić information content (AvgIpc) is 1.98. The second-order valence-electron chi connectivity index (χ2n) is 2.08. The average molecular weight is 160 g/mol. The number of hydrogen-bond donors (Lipinski definition) is 0. The minimum absolute atomic E-state index is 0.265. The van der Waals surface area contributed by atoms with Crippen LogP contribution in [0.25, 0.3) is 0 Å². The molecule has 1 unspecified atom stereocenters. The summed E-state index contributed by atoms with van der Waals surface area (Å²) in [7, 11) is 1.94. The first kappa shape index (κ1) is 9.64. The molecule has 0 aliphatic carbocycles. The number of unbranched alkanes of at least 4 members (excludes halogenated alkanes) is 1. The fraction of sp³-hybridized carbons (Fsp3) is 0.571. The van der Waals surface area contributed by atoms with Crippen LogP contribution < -0.4 is 0 Å². The van der Waals surface area contributed by atoms with Crippen molar-refractivity contribution in [1.29, 1.82) is 0 Å². The smallest absolute Gasteiger partial charge is 0.335 e. The molecule has 0 rings (SSSR count). The molecule has 0 saturated heterocycles. The van der Waals surface area contributed by atoms with Gasteiger partial charge in [0.15, 0.2) is 0 Å². The minimum Gasteiger partial charge on any atom is -0.448 e. The van der Waals surface area contributed by atoms with Crippen LogP contribution in [0.1, 0.15) is 26.7 Å². The molecule has 0 bridgehead atoms. The lowest BCUT2D eigenvalue weighted by Gasteiger charge is -1.96. The Kier molecular flexibility index (Phi) is 5.23. The van der Waals surface area contributed by atoms with Gasteiger partial charge in [-0.15, -0.1) is 0 Å². The summed E-state index contributed by atoms with van der Waals surface area (Å²) in [5, 5.41) is 0. The molecular weight excluding hydrogens is 147 g/mol. The number of carbonyl (C=O) groups is 1. The van der Waals surface area contributed by atoms with Crippen LogP contribution in [0.4, 0.5) is 0 Å². The number of hydrogen-bond acceptors (Lipinski definition) is 2. The van der Waals surface area contributed by atoms with E-state index in [1.807, 2.05) is 15.5 Å². The quantitative estimate of drug-likeness (QED) is 0.466. The molecule has 3 heteroatoms. The predicted molar refractivity (Wildman–Crippen MR) is 44.5 cm³/mol. The molecule has 0 aliphatic heterocycles. The van der Waals surface area contributed by atoms with Crippen molar-refractivity contribution in [2.45, 2.75) is 26.7 Å². The Morgan fingerprint density at radius 2 is 2.30 bits per heavy atom. The van der Waals surface area contributed by atoms with Gasteiger partial charge in [0.1, 0.15) is 0 Å². The molecule has 1 atom stereocenters. The third-order valence-corrected chi connectivity index (χ3v) is 1.38. The molecule has 0 aromatic heterocycles. The summed E-state index contributed by atoms with van der Waals surface area (Å²) in [4.78, 5) is 10.7. The lowest BCUT2D eigenvalue weighted by atomic mass is 10.2. The van der Waals surface area contributed by atoms with Gasteiger partial charge in [0.05, 0.1) is 9.47 Å². The predicted octanol–water partition coefficient (Wildman–Crippen LogP) is 2.07. The van der Waals surface area contributed by atoms with Crippen molar-refractivity contribution in [3.8, 4) is 0 Å². The van der Waals surface area contributed by atoms with Crippen molar-refractivity contribution in [3.63, 3.8) is 0 Å². The third kappa shape index (κ3) is 3.62. The van der Waals surface area contributed by atoms with E-state index >= 15 is 0 Å². The Morgan fingerprint density at radius 1 is 1.70 bits per heavy atom. The first-order chi connectivity index (χ1) is 4.72. The van der Waals surface area contributed by atoms with Gasteiger partial charge >= 0.3 is 5.97 Å². The number of rotatable bonds is 3. The van der Waals surface area contributed by atoms with E-state index in [1.165, 1.54) is 0 Å². The van der Waals surface area contributed by atoms with E-state index < -0.39 is 0 Å². The molecule has 0 fully saturated rings. The fourth-order valence-corrected chi connectivity index (χ4v) is 0.723. The second-order valence-corrected chi connectivity index (χ2v) is 2.32. The van der Waals surface area contributed by atoms with Crippen LogP contribution in [0.15, 0.2) is 11.6 Å². The van der Waals surface area contributed by atoms with Gasteiger partial charge in [-0.05, 0) is 13.3 Å². The van der Waals surface area contributed by atoms with Crippen LogP contribution in [0.3, 0.4) is 0 Å². The topological polar surface area (TPSA) is 26.3 Å². The maximum Gasteiger partial charge on any atom is 0.335 e. The summed E-state index contributed by atoms with van der Waals surface area (Å²) in [6.07, 6.45) is 3.87. The molecule has 58 valence electrons. The normalized spacial score (nSPS) is 11.3. The largest absolute Gasteiger partial charge is 0.448 e. The summed E-state index contributed by atoms with van der Waals surface area (Å²) in [5.74, 6) is -0.265. The minimum atomic E-state index is -0.265. The summed E-state index contributed by atoms with van der Waals surface area (Å²) in [6.45, 7) is 3.82. The summed E-state index contributed by atoms with van der Waals surface area (Å²) < 4.78 is 4.42. The molecule has 10 heavy (non-hydrogen) atoms. The monoisotopic (exact) mass is 160 g/mol. The molecule has 0 aliphatic rings. The number of carbonyl (C=O) groups excluding carboxylic acids is 1. The molecule has 0 spiro atoms. The van der Waals surface area contributed by atoms with Crippen molar-refractivity contribution >= 4 is 15.4 Å². The molecule has 0 N–H and O–H groups in total. The zero-order valence-corrected chi connectivity index (χ0v) is 7.54. The van der Waals surface area contributed by atoms with E-state index in [4.69, 9.17) is 0 Å². The Hall–Kier alpha value is -0.360. The van der Waals surface area contributed by atoms with Crippen molar-refractivity contribution in [1.82, 2.24) is 0 Å². The Bertz CT molecular complexity index is 141. The molecule has 0 aromatic carbocycles. The van der Waals surface area contributed by atoms with Crippen molar-refractivity contribution in [3.05, 3.63) is 11.6 Å². The van der Waals surface area contributed by atoms with Crippen LogP contribution in [0.5, 0.6) is 0 Å². The lowest BCUT2D eigenvalue weighted by molar-refractivity contribution is -0.128. The SMILES string of the molecule is CCCC=C(C)C(=O)OP. The zero-order chi connectivity index (χ0) is 7.98. The highest BCUT2D eigenvalue weighted by Gasteiger charge is 2.00. The van der Waals surface area contributed by atoms with E-state index in [2.05, 4.69) is 11.4 Å². The maximum absolute atomic E-state index is 10.7. The van der Waals surface area contributed by atoms with Gasteiger partial charge in [0.25, 0.3) is 0 Å². The Balaban J connectivity index is 3.80. The molecule has 0 saturated carbocycles. The van der Waals surface area contributed by atoms with Crippen molar-refractivity contribution in [2.75, 3.05) is 0 Å². The number of allylic oxidation sites excluding steroid dienone is 1. The van der Waals surface area contributed by atoms with Gasteiger partial charge in [-0.2, -0.15) is 0 Å². The molecule has 0 heterocycles. The highest BCUT2D eigenvalue weighted by atomic mass is 31.0. The molecule has 2 nitrogen and oxygen atoms in total. The summed E-state index contributed by atoms with van der Waals surface area (Å²) in [5.41, 5.74) is 0.678. The molecular formula is C7H13O2P. The van der Waals surface area contributed by atoms with E-state index in [-0.39, 0.29) is 5.97 Å². The van der Waals surface area contributed by atoms with E-state index in [0.717, 1.165) is 12.8 Å². The summed E-state index contributed by atoms with van der Waals surface area (Å²) >= 11 is 0. The van der Waals surface area contributed by atoms with Crippen LogP contribution in [0.2, 0.25) is 0 Å². The van der Waals surface area contributed by atoms with Gasteiger partial charge in [-0.3, -0.25) is 0 Å². The van der Waals surface area contributed by atoms with Crippen LogP contribution in [-0.2, 0) is 9.32 Å². The van der Waals surface area contributed by atoms with Crippen molar-refractivity contribution < 1.29 is 9.32 Å². The molecule has 0 amide bonds. The zero-order valence-electron chi connectivity index (χ0n) is 6.39. The second kappa shape index (κ2) is 5.43. The van der Waals surface area contributed by atoms with Crippen LogP contribution in [0, 0.1) is 0 Å². The van der Waals surface area contributed by atoms with Gasteiger partial charge < -0.3 is 4.52 Å². The standard InChI is InChI=1S/C7H13O2P/c1-3-4-5-6(2)7(8)9-10/h5H,3-4,10H2,1-2H3. The van der Waals surface area contributed by atoms with Crippen LogP contribution in [-0.4, -0.2) is 5.97 Å². The third-order valence-electron chi connectivity index (χ3n) is 1.17. The van der Waals surface area contributed by atoms with Gasteiger partial charge in [-0.25, -0.2) is 4.79 Å². The molecule has 0 aromatic rings. The van der Waals surface area contributed by atoms with Gasteiger partial charge in [0, 0.05) is 5.57 Å². The van der Waals surface area contributed by atoms with Gasteiger partial charge in [-0.1, -0.05) is 19.4 Å². The first-order valence-corrected chi connectivity index (χ1v) is 3.77. The Labute approximate surface area is 63.9 Å². The van der Waals surface area contributed by atoms with Gasteiger partial charge in [0.2, 0.25) is 0 Å². The molecule has 0 radical (unpaired) electrons. The van der Waals surface area contributed by atoms with E-state index in [9.17, 15) is 4.79 Å². The van der Waals surface area contributed by atoms with E-state index in [0.29, 0.717) is 5.57 Å². The van der Waals surface area contributed by atoms with Crippen LogP contribution >= 0.6 is 9.47 Å². The highest BCUT2D eigenvalue weighted by Crippen LogP contribution is 2.02. The Morgan fingerprint density at radius 3 is 2.70 bits per heavy atom. The van der Waals surface area contributed by atoms with Crippen molar-refractivity contribution in [2.24, 2.45) is 0 Å². The highest BCUT2D eigenvalue weighted by molar-refractivity contribution is 7.10. The fourth-order valence-electron chi connectivity index (χ4n) is 0.537. The lowest BCUT2D eigenvalue weighted by Crippen LogP contribution is -1.97. The maximum atomic E-state index is 10.7. The van der Waals surface area contributed by atoms with E-state index in [1.54, 1.807) is 6.92 Å². The first-order valence-electron chi connectivity index (χ1n) is 3.30. The summed E-state index contributed by atoms with van der Waals surface area (Å²) in [6, 6.07) is 0.